The topological polar surface area (TPSA) is 0 Å². The molecule has 1 aliphatic rings. The highest BCUT2D eigenvalue weighted by Gasteiger charge is 2.40. The molecule has 0 aromatic carbocycles. The molecule has 0 nitrogen and oxygen atoms in total. The minimum Gasteiger partial charge on any atom is -0.0599 e. The van der Waals surface area contributed by atoms with Gasteiger partial charge in [0.05, 0.1) is 0 Å². The lowest BCUT2D eigenvalue weighted by atomic mass is 9.58. The second kappa shape index (κ2) is 4.47. The van der Waals surface area contributed by atoms with Crippen LogP contribution in [0.25, 0.3) is 0 Å². The number of rotatable bonds is 1. The monoisotopic (exact) mass is 210 g/mol. The van der Waals surface area contributed by atoms with E-state index in [9.17, 15) is 0 Å². The average Bonchev–Trinajstić information content (AvgIpc) is 2.00. The van der Waals surface area contributed by atoms with Crippen LogP contribution in [-0.2, 0) is 0 Å². The van der Waals surface area contributed by atoms with Crippen LogP contribution in [0, 0.1) is 22.7 Å². The van der Waals surface area contributed by atoms with Crippen molar-refractivity contribution in [2.45, 2.75) is 73.6 Å². The van der Waals surface area contributed by atoms with Gasteiger partial charge in [-0.15, -0.1) is 0 Å². The first kappa shape index (κ1) is 13.1. The minimum atomic E-state index is 0.459. The average molecular weight is 210 g/mol. The molecule has 0 unspecified atom stereocenters. The SMILES string of the molecule is CC(C)(C)C(C1CCCCC1)C(C)(C)C. The van der Waals surface area contributed by atoms with E-state index in [-0.39, 0.29) is 0 Å². The second-order valence-electron chi connectivity index (χ2n) is 7.61. The van der Waals surface area contributed by atoms with Crippen molar-refractivity contribution in [1.82, 2.24) is 0 Å². The Morgan fingerprint density at radius 3 is 1.47 bits per heavy atom. The van der Waals surface area contributed by atoms with Crippen LogP contribution >= 0.6 is 0 Å². The van der Waals surface area contributed by atoms with E-state index < -0.39 is 0 Å². The molecule has 0 atom stereocenters. The molecule has 0 radical (unpaired) electrons. The van der Waals surface area contributed by atoms with Gasteiger partial charge in [-0.25, -0.2) is 0 Å². The van der Waals surface area contributed by atoms with E-state index >= 15 is 0 Å². The molecule has 0 aromatic rings. The zero-order chi connectivity index (χ0) is 11.7. The molecule has 0 bridgehead atoms. The van der Waals surface area contributed by atoms with Gasteiger partial charge in [0.1, 0.15) is 0 Å². The highest BCUT2D eigenvalue weighted by Crippen LogP contribution is 2.48. The Morgan fingerprint density at radius 2 is 1.13 bits per heavy atom. The fourth-order valence-electron chi connectivity index (χ4n) is 4.18. The lowest BCUT2D eigenvalue weighted by Crippen LogP contribution is -2.39. The highest BCUT2D eigenvalue weighted by atomic mass is 14.4. The summed E-state index contributed by atoms with van der Waals surface area (Å²) in [5.74, 6) is 1.84. The zero-order valence-corrected chi connectivity index (χ0v) is 11.7. The fourth-order valence-corrected chi connectivity index (χ4v) is 4.18. The van der Waals surface area contributed by atoms with Crippen LogP contribution in [0.4, 0.5) is 0 Å². The molecule has 0 heteroatoms. The first-order chi connectivity index (χ1) is 6.73. The highest BCUT2D eigenvalue weighted by molar-refractivity contribution is 4.89. The third kappa shape index (κ3) is 3.50. The molecular weight excluding hydrogens is 180 g/mol. The second-order valence-corrected chi connectivity index (χ2v) is 7.61. The van der Waals surface area contributed by atoms with Crippen molar-refractivity contribution in [2.75, 3.05) is 0 Å². The van der Waals surface area contributed by atoms with Gasteiger partial charge >= 0.3 is 0 Å². The van der Waals surface area contributed by atoms with E-state index in [1.54, 1.807) is 0 Å². The number of hydrogen-bond donors (Lipinski definition) is 0. The summed E-state index contributed by atoms with van der Waals surface area (Å²) in [5.41, 5.74) is 0.917. The smallest absolute Gasteiger partial charge is 0.0288 e. The molecule has 90 valence electrons. The van der Waals surface area contributed by atoms with Crippen molar-refractivity contribution >= 4 is 0 Å². The Kier molecular flexibility index (Phi) is 3.90. The molecule has 1 fully saturated rings. The molecule has 0 aliphatic heterocycles. The van der Waals surface area contributed by atoms with E-state index in [1.165, 1.54) is 32.1 Å². The van der Waals surface area contributed by atoms with Gasteiger partial charge in [0.25, 0.3) is 0 Å². The maximum atomic E-state index is 2.43. The molecule has 1 saturated carbocycles. The van der Waals surface area contributed by atoms with Crippen LogP contribution in [0.2, 0.25) is 0 Å². The predicted molar refractivity (Wildman–Crippen MR) is 69.0 cm³/mol. The summed E-state index contributed by atoms with van der Waals surface area (Å²) in [6, 6.07) is 0. The Balaban J connectivity index is 2.80. The lowest BCUT2D eigenvalue weighted by Gasteiger charge is -2.47. The molecule has 1 rings (SSSR count). The number of hydrogen-bond acceptors (Lipinski definition) is 0. The summed E-state index contributed by atoms with van der Waals surface area (Å²) < 4.78 is 0. The zero-order valence-electron chi connectivity index (χ0n) is 11.7. The molecule has 0 heterocycles. The van der Waals surface area contributed by atoms with Gasteiger partial charge in [-0.2, -0.15) is 0 Å². The van der Waals surface area contributed by atoms with E-state index in [1.807, 2.05) is 0 Å². The standard InChI is InChI=1S/C15H30/c1-14(2,3)13(15(4,5)6)12-10-8-7-9-11-12/h12-13H,7-11H2,1-6H3. The maximum Gasteiger partial charge on any atom is -0.0288 e. The molecule has 15 heavy (non-hydrogen) atoms. The Hall–Kier alpha value is 0. The third-order valence-electron chi connectivity index (χ3n) is 3.99. The van der Waals surface area contributed by atoms with Gasteiger partial charge in [0, 0.05) is 0 Å². The summed E-state index contributed by atoms with van der Waals surface area (Å²) in [7, 11) is 0. The van der Waals surface area contributed by atoms with Crippen LogP contribution < -0.4 is 0 Å². The van der Waals surface area contributed by atoms with Gasteiger partial charge < -0.3 is 0 Å². The normalized spacial score (nSPS) is 21.0. The first-order valence-electron chi connectivity index (χ1n) is 6.73. The van der Waals surface area contributed by atoms with Gasteiger partial charge in [0.15, 0.2) is 0 Å². The van der Waals surface area contributed by atoms with Gasteiger partial charge in [0.2, 0.25) is 0 Å². The Bertz CT molecular complexity index is 169. The fraction of sp³-hybridized carbons (Fsp3) is 1.00. The molecule has 0 amide bonds. The van der Waals surface area contributed by atoms with Crippen LogP contribution in [0.5, 0.6) is 0 Å². The predicted octanol–water partition coefficient (Wildman–Crippen LogP) is 5.28. The molecular formula is C15H30. The molecule has 1 aliphatic carbocycles. The van der Waals surface area contributed by atoms with Crippen LogP contribution in [0.3, 0.4) is 0 Å². The summed E-state index contributed by atoms with van der Waals surface area (Å²) >= 11 is 0. The molecule has 0 aromatic heterocycles. The maximum absolute atomic E-state index is 2.43. The third-order valence-corrected chi connectivity index (χ3v) is 3.99. The van der Waals surface area contributed by atoms with E-state index in [4.69, 9.17) is 0 Å². The van der Waals surface area contributed by atoms with Crippen LogP contribution in [0.1, 0.15) is 73.6 Å². The van der Waals surface area contributed by atoms with E-state index in [2.05, 4.69) is 41.5 Å². The van der Waals surface area contributed by atoms with Crippen molar-refractivity contribution in [2.24, 2.45) is 22.7 Å². The van der Waals surface area contributed by atoms with Crippen molar-refractivity contribution in [1.29, 1.82) is 0 Å². The molecule has 0 spiro atoms. The summed E-state index contributed by atoms with van der Waals surface area (Å²) in [6.45, 7) is 14.6. The quantitative estimate of drug-likeness (QED) is 0.552. The van der Waals surface area contributed by atoms with Crippen molar-refractivity contribution in [3.05, 3.63) is 0 Å². The van der Waals surface area contributed by atoms with Gasteiger partial charge in [-0.3, -0.25) is 0 Å². The van der Waals surface area contributed by atoms with E-state index in [0.29, 0.717) is 10.8 Å². The first-order valence-corrected chi connectivity index (χ1v) is 6.73. The Labute approximate surface area is 96.8 Å². The molecule has 0 saturated heterocycles. The summed E-state index contributed by atoms with van der Waals surface area (Å²) in [4.78, 5) is 0. The largest absolute Gasteiger partial charge is 0.0599 e. The minimum absolute atomic E-state index is 0.459. The lowest BCUT2D eigenvalue weighted by molar-refractivity contribution is 0.0252. The molecule has 0 N–H and O–H groups in total. The van der Waals surface area contributed by atoms with Crippen molar-refractivity contribution in [3.8, 4) is 0 Å². The van der Waals surface area contributed by atoms with Gasteiger partial charge in [-0.1, -0.05) is 73.6 Å². The van der Waals surface area contributed by atoms with E-state index in [0.717, 1.165) is 11.8 Å². The van der Waals surface area contributed by atoms with Crippen LogP contribution in [-0.4, -0.2) is 0 Å². The van der Waals surface area contributed by atoms with Crippen LogP contribution in [0.15, 0.2) is 0 Å². The van der Waals surface area contributed by atoms with Gasteiger partial charge in [-0.05, 0) is 22.7 Å². The summed E-state index contributed by atoms with van der Waals surface area (Å²) in [6.07, 6.45) is 7.34. The van der Waals surface area contributed by atoms with Crippen molar-refractivity contribution in [3.63, 3.8) is 0 Å². The van der Waals surface area contributed by atoms with Crippen molar-refractivity contribution < 1.29 is 0 Å². The summed E-state index contributed by atoms with van der Waals surface area (Å²) in [5, 5.41) is 0. The Morgan fingerprint density at radius 1 is 0.733 bits per heavy atom.